The number of carbonyl (C=O) groups excluding carboxylic acids is 1. The summed E-state index contributed by atoms with van der Waals surface area (Å²) in [6.07, 6.45) is 0.978. The molecule has 21 heavy (non-hydrogen) atoms. The van der Waals surface area contributed by atoms with E-state index in [1.165, 1.54) is 16.7 Å². The lowest BCUT2D eigenvalue weighted by molar-refractivity contribution is -0.113. The van der Waals surface area contributed by atoms with Crippen molar-refractivity contribution in [1.82, 2.24) is 0 Å². The van der Waals surface area contributed by atoms with Crippen molar-refractivity contribution in [3.05, 3.63) is 65.2 Å². The Hall–Kier alpha value is -1.74. The molecule has 3 heteroatoms. The molecule has 0 unspecified atom stereocenters. The third-order valence-electron chi connectivity index (χ3n) is 3.24. The summed E-state index contributed by atoms with van der Waals surface area (Å²) in [4.78, 5) is 11.9. The highest BCUT2D eigenvalue weighted by Gasteiger charge is 2.03. The molecule has 0 aliphatic carbocycles. The van der Waals surface area contributed by atoms with Gasteiger partial charge in [0.15, 0.2) is 0 Å². The predicted molar refractivity (Wildman–Crippen MR) is 91.8 cm³/mol. The molecule has 2 aromatic rings. The van der Waals surface area contributed by atoms with Crippen molar-refractivity contribution in [2.75, 3.05) is 11.1 Å². The maximum absolute atomic E-state index is 11.9. The third kappa shape index (κ3) is 5.27. The monoisotopic (exact) mass is 299 g/mol. The molecule has 0 saturated carbocycles. The maximum Gasteiger partial charge on any atom is 0.234 e. The number of hydrogen-bond acceptors (Lipinski definition) is 2. The van der Waals surface area contributed by atoms with Crippen LogP contribution >= 0.6 is 11.8 Å². The summed E-state index contributed by atoms with van der Waals surface area (Å²) in [5.41, 5.74) is 4.64. The summed E-state index contributed by atoms with van der Waals surface area (Å²) in [7, 11) is 0. The molecule has 0 aromatic heterocycles. The van der Waals surface area contributed by atoms with E-state index in [2.05, 4.69) is 49.5 Å². The summed E-state index contributed by atoms with van der Waals surface area (Å²) in [5, 5.41) is 2.95. The molecule has 0 aliphatic rings. The van der Waals surface area contributed by atoms with Crippen molar-refractivity contribution in [2.45, 2.75) is 26.0 Å². The molecule has 1 amide bonds. The SMILES string of the molecule is CCc1cccc(NC(=O)CSCc2ccc(C)cc2)c1. The molecular formula is C18H21NOS. The van der Waals surface area contributed by atoms with E-state index >= 15 is 0 Å². The van der Waals surface area contributed by atoms with E-state index in [-0.39, 0.29) is 5.91 Å². The number of hydrogen-bond donors (Lipinski definition) is 1. The largest absolute Gasteiger partial charge is 0.325 e. The van der Waals surface area contributed by atoms with E-state index in [1.54, 1.807) is 11.8 Å². The Kier molecular flexibility index (Phi) is 5.88. The lowest BCUT2D eigenvalue weighted by atomic mass is 10.1. The fourth-order valence-corrected chi connectivity index (χ4v) is 2.80. The van der Waals surface area contributed by atoms with Crippen LogP contribution in [0.4, 0.5) is 5.69 Å². The van der Waals surface area contributed by atoms with Crippen molar-refractivity contribution in [3.63, 3.8) is 0 Å². The highest BCUT2D eigenvalue weighted by molar-refractivity contribution is 7.99. The van der Waals surface area contributed by atoms with Gasteiger partial charge in [-0.05, 0) is 36.6 Å². The van der Waals surface area contributed by atoms with Gasteiger partial charge in [-0.2, -0.15) is 0 Å². The third-order valence-corrected chi connectivity index (χ3v) is 4.25. The van der Waals surface area contributed by atoms with Crippen LogP contribution in [0, 0.1) is 6.92 Å². The van der Waals surface area contributed by atoms with E-state index in [4.69, 9.17) is 0 Å². The van der Waals surface area contributed by atoms with Gasteiger partial charge in [-0.1, -0.05) is 48.9 Å². The quantitative estimate of drug-likeness (QED) is 0.855. The van der Waals surface area contributed by atoms with Crippen LogP contribution in [-0.4, -0.2) is 11.7 Å². The minimum Gasteiger partial charge on any atom is -0.325 e. The van der Waals surface area contributed by atoms with Gasteiger partial charge in [0.2, 0.25) is 5.91 Å². The van der Waals surface area contributed by atoms with Crippen LogP contribution < -0.4 is 5.32 Å². The van der Waals surface area contributed by atoms with Gasteiger partial charge in [-0.15, -0.1) is 11.8 Å². The molecule has 0 bridgehead atoms. The number of thioether (sulfide) groups is 1. The molecule has 2 rings (SSSR count). The normalized spacial score (nSPS) is 10.4. The Labute approximate surface area is 131 Å². The Morgan fingerprint density at radius 1 is 1.10 bits per heavy atom. The summed E-state index contributed by atoms with van der Waals surface area (Å²) in [5.74, 6) is 1.40. The number of nitrogens with one attached hydrogen (secondary N) is 1. The van der Waals surface area contributed by atoms with E-state index < -0.39 is 0 Å². The second-order valence-electron chi connectivity index (χ2n) is 5.08. The molecule has 0 radical (unpaired) electrons. The summed E-state index contributed by atoms with van der Waals surface area (Å²) in [6, 6.07) is 16.5. The Morgan fingerprint density at radius 2 is 1.86 bits per heavy atom. The predicted octanol–water partition coefficient (Wildman–Crippen LogP) is 4.43. The lowest BCUT2D eigenvalue weighted by Gasteiger charge is -2.07. The highest BCUT2D eigenvalue weighted by atomic mass is 32.2. The molecule has 0 heterocycles. The topological polar surface area (TPSA) is 29.1 Å². The van der Waals surface area contributed by atoms with E-state index in [0.29, 0.717) is 5.75 Å². The molecule has 0 atom stereocenters. The first-order valence-corrected chi connectivity index (χ1v) is 8.35. The first-order chi connectivity index (χ1) is 10.2. The average Bonchev–Trinajstić information content (AvgIpc) is 2.49. The highest BCUT2D eigenvalue weighted by Crippen LogP contribution is 2.15. The van der Waals surface area contributed by atoms with Gasteiger partial charge in [-0.25, -0.2) is 0 Å². The Bertz CT molecular complexity index is 592. The first kappa shape index (κ1) is 15.6. The number of benzene rings is 2. The molecule has 0 aliphatic heterocycles. The van der Waals surface area contributed by atoms with Crippen molar-refractivity contribution >= 4 is 23.4 Å². The molecule has 1 N–H and O–H groups in total. The van der Waals surface area contributed by atoms with Crippen LogP contribution in [0.1, 0.15) is 23.6 Å². The van der Waals surface area contributed by atoms with Crippen LogP contribution in [0.15, 0.2) is 48.5 Å². The number of anilines is 1. The minimum atomic E-state index is 0.0559. The molecule has 2 nitrogen and oxygen atoms in total. The van der Waals surface area contributed by atoms with Gasteiger partial charge in [0.05, 0.1) is 5.75 Å². The maximum atomic E-state index is 11.9. The average molecular weight is 299 g/mol. The second kappa shape index (κ2) is 7.89. The van der Waals surface area contributed by atoms with Crippen molar-refractivity contribution in [1.29, 1.82) is 0 Å². The zero-order valence-corrected chi connectivity index (χ0v) is 13.4. The fourth-order valence-electron chi connectivity index (χ4n) is 2.01. The number of rotatable bonds is 6. The Morgan fingerprint density at radius 3 is 2.57 bits per heavy atom. The van der Waals surface area contributed by atoms with Gasteiger partial charge in [-0.3, -0.25) is 4.79 Å². The van der Waals surface area contributed by atoms with Crippen LogP contribution in [-0.2, 0) is 17.0 Å². The molecule has 0 saturated heterocycles. The molecule has 0 spiro atoms. The van der Waals surface area contributed by atoms with Crippen LogP contribution in [0.3, 0.4) is 0 Å². The van der Waals surface area contributed by atoms with Crippen LogP contribution in [0.25, 0.3) is 0 Å². The molecule has 0 fully saturated rings. The standard InChI is InChI=1S/C18H21NOS/c1-3-15-5-4-6-17(11-15)19-18(20)13-21-12-16-9-7-14(2)8-10-16/h4-11H,3,12-13H2,1-2H3,(H,19,20). The fraction of sp³-hybridized carbons (Fsp3) is 0.278. The lowest BCUT2D eigenvalue weighted by Crippen LogP contribution is -2.14. The van der Waals surface area contributed by atoms with Gasteiger partial charge >= 0.3 is 0 Å². The van der Waals surface area contributed by atoms with Gasteiger partial charge in [0.1, 0.15) is 0 Å². The zero-order valence-electron chi connectivity index (χ0n) is 12.6. The molecule has 110 valence electrons. The second-order valence-corrected chi connectivity index (χ2v) is 6.07. The number of carbonyl (C=O) groups is 1. The van der Waals surface area contributed by atoms with Crippen LogP contribution in [0.2, 0.25) is 0 Å². The number of amides is 1. The smallest absolute Gasteiger partial charge is 0.234 e. The van der Waals surface area contributed by atoms with E-state index in [1.807, 2.05) is 18.2 Å². The summed E-state index contributed by atoms with van der Waals surface area (Å²) >= 11 is 1.64. The van der Waals surface area contributed by atoms with Gasteiger partial charge in [0, 0.05) is 11.4 Å². The number of aryl methyl sites for hydroxylation is 2. The Balaban J connectivity index is 1.78. The van der Waals surface area contributed by atoms with Crippen molar-refractivity contribution in [3.8, 4) is 0 Å². The minimum absolute atomic E-state index is 0.0559. The first-order valence-electron chi connectivity index (χ1n) is 7.19. The summed E-state index contributed by atoms with van der Waals surface area (Å²) < 4.78 is 0. The van der Waals surface area contributed by atoms with Crippen LogP contribution in [0.5, 0.6) is 0 Å². The van der Waals surface area contributed by atoms with E-state index in [0.717, 1.165) is 17.9 Å². The molecular weight excluding hydrogens is 278 g/mol. The zero-order chi connectivity index (χ0) is 15.1. The van der Waals surface area contributed by atoms with Gasteiger partial charge < -0.3 is 5.32 Å². The van der Waals surface area contributed by atoms with Crippen molar-refractivity contribution < 1.29 is 4.79 Å². The molecule has 2 aromatic carbocycles. The van der Waals surface area contributed by atoms with Crippen molar-refractivity contribution in [2.24, 2.45) is 0 Å². The van der Waals surface area contributed by atoms with E-state index in [9.17, 15) is 4.79 Å². The van der Waals surface area contributed by atoms with Gasteiger partial charge in [0.25, 0.3) is 0 Å². The summed E-state index contributed by atoms with van der Waals surface area (Å²) in [6.45, 7) is 4.19.